The maximum atomic E-state index is 12.6. The lowest BCUT2D eigenvalue weighted by Crippen LogP contribution is -2.37. The number of hydrogen-bond donors (Lipinski definition) is 1. The van der Waals surface area contributed by atoms with Crippen LogP contribution < -0.4 is 4.74 Å². The molecule has 0 spiro atoms. The maximum Gasteiger partial charge on any atom is 0.256 e. The summed E-state index contributed by atoms with van der Waals surface area (Å²) in [4.78, 5) is 18.7. The zero-order valence-corrected chi connectivity index (χ0v) is 12.5. The molecule has 1 aromatic carbocycles. The number of amides is 1. The zero-order valence-electron chi connectivity index (χ0n) is 12.5. The third kappa shape index (κ3) is 2.80. The zero-order chi connectivity index (χ0) is 15.5. The number of rotatable bonds is 4. The number of benzene rings is 1. The first-order valence-corrected chi connectivity index (χ1v) is 7.22. The van der Waals surface area contributed by atoms with Gasteiger partial charge in [0.2, 0.25) is 0 Å². The van der Waals surface area contributed by atoms with Gasteiger partial charge in [0, 0.05) is 25.7 Å². The van der Waals surface area contributed by atoms with Crippen LogP contribution in [-0.4, -0.2) is 34.6 Å². The number of ether oxygens (including phenoxy) is 1. The molecule has 1 aliphatic rings. The predicted molar refractivity (Wildman–Crippen MR) is 81.6 cm³/mol. The van der Waals surface area contributed by atoms with Crippen LogP contribution in [0.1, 0.15) is 27.2 Å². The quantitative estimate of drug-likeness (QED) is 0.934. The first kappa shape index (κ1) is 14.5. The standard InChI is InChI=1S/C17H18N2O3/c1-22-14-4-2-12(3-5-14)10-19-7-6-16-15(17(19)21)8-13(11-20)9-18-16/h2-5,8-9,20H,6-7,10-11H2,1H3. The van der Waals surface area contributed by atoms with E-state index in [2.05, 4.69) is 4.98 Å². The largest absolute Gasteiger partial charge is 0.497 e. The van der Waals surface area contributed by atoms with Crippen molar-refractivity contribution in [2.24, 2.45) is 0 Å². The molecule has 0 unspecified atom stereocenters. The number of pyridine rings is 1. The Labute approximate surface area is 129 Å². The van der Waals surface area contributed by atoms with E-state index in [-0.39, 0.29) is 12.5 Å². The Hall–Kier alpha value is -2.40. The molecule has 0 radical (unpaired) electrons. The van der Waals surface area contributed by atoms with Crippen molar-refractivity contribution >= 4 is 5.91 Å². The molecule has 0 saturated carbocycles. The Morgan fingerprint density at radius 1 is 1.27 bits per heavy atom. The van der Waals surface area contributed by atoms with Crippen LogP contribution >= 0.6 is 0 Å². The normalized spacial score (nSPS) is 13.9. The van der Waals surface area contributed by atoms with Gasteiger partial charge in [-0.05, 0) is 29.3 Å². The third-order valence-electron chi connectivity index (χ3n) is 3.88. The summed E-state index contributed by atoms with van der Waals surface area (Å²) in [7, 11) is 1.63. The van der Waals surface area contributed by atoms with Crippen LogP contribution in [0.5, 0.6) is 5.75 Å². The summed E-state index contributed by atoms with van der Waals surface area (Å²) in [5, 5.41) is 9.20. The van der Waals surface area contributed by atoms with Crippen LogP contribution in [0, 0.1) is 0 Å². The number of carbonyl (C=O) groups excluding carboxylic acids is 1. The summed E-state index contributed by atoms with van der Waals surface area (Å²) in [5.74, 6) is 0.774. The monoisotopic (exact) mass is 298 g/mol. The summed E-state index contributed by atoms with van der Waals surface area (Å²) in [6, 6.07) is 9.45. The predicted octanol–water partition coefficient (Wildman–Crippen LogP) is 1.78. The second-order valence-electron chi connectivity index (χ2n) is 5.32. The molecule has 1 aliphatic heterocycles. The minimum atomic E-state index is -0.105. The molecule has 22 heavy (non-hydrogen) atoms. The molecule has 0 aliphatic carbocycles. The lowest BCUT2D eigenvalue weighted by atomic mass is 10.0. The van der Waals surface area contributed by atoms with Crippen molar-refractivity contribution in [2.45, 2.75) is 19.6 Å². The number of hydrogen-bond acceptors (Lipinski definition) is 4. The van der Waals surface area contributed by atoms with Crippen LogP contribution in [-0.2, 0) is 19.6 Å². The van der Waals surface area contributed by atoms with Crippen molar-refractivity contribution < 1.29 is 14.6 Å². The Morgan fingerprint density at radius 3 is 2.73 bits per heavy atom. The van der Waals surface area contributed by atoms with Crippen molar-refractivity contribution in [1.29, 1.82) is 0 Å². The fourth-order valence-corrected chi connectivity index (χ4v) is 2.62. The molecule has 1 N–H and O–H groups in total. The number of nitrogens with zero attached hydrogens (tertiary/aromatic N) is 2. The summed E-state index contributed by atoms with van der Waals surface area (Å²) < 4.78 is 5.14. The fraction of sp³-hybridized carbons (Fsp3) is 0.294. The van der Waals surface area contributed by atoms with E-state index in [1.165, 1.54) is 0 Å². The summed E-state index contributed by atoms with van der Waals surface area (Å²) >= 11 is 0. The molecule has 114 valence electrons. The first-order valence-electron chi connectivity index (χ1n) is 7.22. The number of aliphatic hydroxyl groups is 1. The smallest absolute Gasteiger partial charge is 0.256 e. The highest BCUT2D eigenvalue weighted by molar-refractivity contribution is 5.96. The van der Waals surface area contributed by atoms with Gasteiger partial charge in [-0.2, -0.15) is 0 Å². The van der Waals surface area contributed by atoms with Gasteiger partial charge < -0.3 is 14.7 Å². The average Bonchev–Trinajstić information content (AvgIpc) is 2.58. The van der Waals surface area contributed by atoms with E-state index in [4.69, 9.17) is 4.74 Å². The molecule has 1 amide bonds. The van der Waals surface area contributed by atoms with Crippen molar-refractivity contribution in [1.82, 2.24) is 9.88 Å². The second-order valence-corrected chi connectivity index (χ2v) is 5.32. The van der Waals surface area contributed by atoms with Crippen molar-refractivity contribution in [3.8, 4) is 5.75 Å². The topological polar surface area (TPSA) is 62.7 Å². The Morgan fingerprint density at radius 2 is 2.05 bits per heavy atom. The summed E-state index contributed by atoms with van der Waals surface area (Å²) in [6.07, 6.45) is 2.37. The first-order chi connectivity index (χ1) is 10.7. The molecular formula is C17H18N2O3. The summed E-state index contributed by atoms with van der Waals surface area (Å²) in [6.45, 7) is 1.11. The van der Waals surface area contributed by atoms with Gasteiger partial charge in [0.15, 0.2) is 0 Å². The van der Waals surface area contributed by atoms with Gasteiger partial charge in [-0.3, -0.25) is 9.78 Å². The summed E-state index contributed by atoms with van der Waals surface area (Å²) in [5.41, 5.74) is 3.14. The van der Waals surface area contributed by atoms with Gasteiger partial charge in [-0.1, -0.05) is 12.1 Å². The SMILES string of the molecule is COc1ccc(CN2CCc3ncc(CO)cc3C2=O)cc1. The lowest BCUT2D eigenvalue weighted by molar-refractivity contribution is 0.0725. The van der Waals surface area contributed by atoms with Crippen LogP contribution in [0.15, 0.2) is 36.5 Å². The Kier molecular flexibility index (Phi) is 4.06. The van der Waals surface area contributed by atoms with Gasteiger partial charge >= 0.3 is 0 Å². The van der Waals surface area contributed by atoms with E-state index >= 15 is 0 Å². The molecule has 1 aromatic heterocycles. The molecular weight excluding hydrogens is 280 g/mol. The Balaban J connectivity index is 1.79. The van der Waals surface area contributed by atoms with E-state index in [1.54, 1.807) is 19.4 Å². The molecule has 0 atom stereocenters. The van der Waals surface area contributed by atoms with Gasteiger partial charge in [0.05, 0.1) is 25.0 Å². The second kappa shape index (κ2) is 6.15. The van der Waals surface area contributed by atoms with Crippen molar-refractivity contribution in [3.63, 3.8) is 0 Å². The number of carbonyl (C=O) groups is 1. The Bertz CT molecular complexity index is 683. The van der Waals surface area contributed by atoms with Gasteiger partial charge in [-0.25, -0.2) is 0 Å². The van der Waals surface area contributed by atoms with E-state index in [1.807, 2.05) is 29.2 Å². The number of methoxy groups -OCH3 is 1. The van der Waals surface area contributed by atoms with Gasteiger partial charge in [0.25, 0.3) is 5.91 Å². The van der Waals surface area contributed by atoms with Crippen LogP contribution in [0.2, 0.25) is 0 Å². The molecule has 5 nitrogen and oxygen atoms in total. The third-order valence-corrected chi connectivity index (χ3v) is 3.88. The number of aliphatic hydroxyl groups excluding tert-OH is 1. The average molecular weight is 298 g/mol. The molecule has 5 heteroatoms. The molecule has 2 aromatic rings. The highest BCUT2D eigenvalue weighted by Gasteiger charge is 2.25. The van der Waals surface area contributed by atoms with Crippen molar-refractivity contribution in [2.75, 3.05) is 13.7 Å². The van der Waals surface area contributed by atoms with Gasteiger partial charge in [-0.15, -0.1) is 0 Å². The van der Waals surface area contributed by atoms with Crippen LogP contribution in [0.3, 0.4) is 0 Å². The molecule has 0 saturated heterocycles. The van der Waals surface area contributed by atoms with Crippen molar-refractivity contribution in [3.05, 3.63) is 58.9 Å². The molecule has 2 heterocycles. The van der Waals surface area contributed by atoms with E-state index < -0.39 is 0 Å². The molecule has 0 fully saturated rings. The molecule has 0 bridgehead atoms. The van der Waals surface area contributed by atoms with Crippen LogP contribution in [0.25, 0.3) is 0 Å². The molecule has 3 rings (SSSR count). The van der Waals surface area contributed by atoms with Crippen LogP contribution in [0.4, 0.5) is 0 Å². The minimum absolute atomic E-state index is 0.0279. The van der Waals surface area contributed by atoms with Gasteiger partial charge in [0.1, 0.15) is 5.75 Å². The minimum Gasteiger partial charge on any atom is -0.497 e. The highest BCUT2D eigenvalue weighted by atomic mass is 16.5. The highest BCUT2D eigenvalue weighted by Crippen LogP contribution is 2.21. The number of aromatic nitrogens is 1. The van der Waals surface area contributed by atoms with E-state index in [0.717, 1.165) is 23.4 Å². The lowest BCUT2D eigenvalue weighted by Gasteiger charge is -2.28. The van der Waals surface area contributed by atoms with E-state index in [9.17, 15) is 9.90 Å². The maximum absolute atomic E-state index is 12.6. The fourth-order valence-electron chi connectivity index (χ4n) is 2.62. The number of fused-ring (bicyclic) bond motifs is 1. The van der Waals surface area contributed by atoms with E-state index in [0.29, 0.717) is 24.2 Å².